The average molecular weight is 400 g/mol. The highest BCUT2D eigenvalue weighted by molar-refractivity contribution is 9.10. The number of rotatable bonds is 6. The van der Waals surface area contributed by atoms with Crippen LogP contribution in [-0.4, -0.2) is 26.2 Å². The molecule has 7 heteroatoms. The summed E-state index contributed by atoms with van der Waals surface area (Å²) in [4.78, 5) is 13.1. The van der Waals surface area contributed by atoms with E-state index in [0.717, 1.165) is 15.6 Å². The van der Waals surface area contributed by atoms with Gasteiger partial charge in [-0.25, -0.2) is 8.42 Å². The summed E-state index contributed by atoms with van der Waals surface area (Å²) >= 11 is 4.83. The summed E-state index contributed by atoms with van der Waals surface area (Å²) in [6.07, 6.45) is 1.08. The molecule has 0 bridgehead atoms. The van der Waals surface area contributed by atoms with Gasteiger partial charge in [-0.2, -0.15) is 0 Å². The molecule has 2 aromatic rings. The van der Waals surface area contributed by atoms with Gasteiger partial charge in [0.25, 0.3) is 0 Å². The Balaban J connectivity index is 1.96. The van der Waals surface area contributed by atoms with Crippen molar-refractivity contribution in [3.63, 3.8) is 0 Å². The number of hydrogen-bond donors (Lipinski definition) is 1. The maximum Gasteiger partial charge on any atom is 0.229 e. The van der Waals surface area contributed by atoms with Gasteiger partial charge in [-0.05, 0) is 48.5 Å². The van der Waals surface area contributed by atoms with Gasteiger partial charge in [-0.3, -0.25) is 9.52 Å². The van der Waals surface area contributed by atoms with Crippen LogP contribution in [0.3, 0.4) is 0 Å². The van der Waals surface area contributed by atoms with Crippen molar-refractivity contribution in [2.45, 2.75) is 4.90 Å². The van der Waals surface area contributed by atoms with Crippen LogP contribution in [0.4, 0.5) is 5.69 Å². The molecule has 0 spiro atoms. The van der Waals surface area contributed by atoms with E-state index < -0.39 is 10.0 Å². The quantitative estimate of drug-likeness (QED) is 0.592. The van der Waals surface area contributed by atoms with Crippen LogP contribution in [0, 0.1) is 0 Å². The first-order chi connectivity index (χ1) is 10.3. The fourth-order valence-corrected chi connectivity index (χ4v) is 3.32. The van der Waals surface area contributed by atoms with E-state index in [1.165, 1.54) is 11.8 Å². The summed E-state index contributed by atoms with van der Waals surface area (Å²) in [6, 6.07) is 14.2. The Morgan fingerprint density at radius 3 is 2.23 bits per heavy atom. The monoisotopic (exact) mass is 399 g/mol. The first-order valence-corrected chi connectivity index (χ1v) is 10.00. The molecule has 0 heterocycles. The lowest BCUT2D eigenvalue weighted by Gasteiger charge is -2.05. The number of Topliss-reactive ketones (excluding diaryl/α,β-unsaturated/α-hetero) is 1. The average Bonchev–Trinajstić information content (AvgIpc) is 2.45. The molecule has 1 N–H and O–H groups in total. The maximum atomic E-state index is 12.1. The molecule has 0 saturated carbocycles. The fourth-order valence-electron chi connectivity index (χ4n) is 1.70. The summed E-state index contributed by atoms with van der Waals surface area (Å²) in [5, 5.41) is 0. The molecule has 2 aromatic carbocycles. The van der Waals surface area contributed by atoms with Crippen molar-refractivity contribution in [3.05, 3.63) is 58.6 Å². The normalized spacial score (nSPS) is 11.2. The summed E-state index contributed by atoms with van der Waals surface area (Å²) in [6.45, 7) is 0. The van der Waals surface area contributed by atoms with Crippen LogP contribution in [-0.2, 0) is 10.0 Å². The third-order valence-electron chi connectivity index (χ3n) is 2.69. The number of ketones is 1. The molecular weight excluding hydrogens is 386 g/mol. The first-order valence-electron chi connectivity index (χ1n) is 6.33. The summed E-state index contributed by atoms with van der Waals surface area (Å²) in [5.74, 6) is 0.333. The fraction of sp³-hybridized carbons (Fsp3) is 0.133. The predicted molar refractivity (Wildman–Crippen MR) is 94.1 cm³/mol. The van der Waals surface area contributed by atoms with E-state index >= 15 is 0 Å². The zero-order valence-electron chi connectivity index (χ0n) is 11.7. The molecule has 0 unspecified atom stereocenters. The topological polar surface area (TPSA) is 63.2 Å². The third kappa shape index (κ3) is 5.47. The Bertz CT molecular complexity index is 756. The molecule has 22 heavy (non-hydrogen) atoms. The van der Waals surface area contributed by atoms with E-state index in [-0.39, 0.29) is 5.78 Å². The Morgan fingerprint density at radius 1 is 1.09 bits per heavy atom. The largest absolute Gasteiger partial charge is 0.293 e. The van der Waals surface area contributed by atoms with Crippen LogP contribution in [0.15, 0.2) is 57.9 Å². The molecule has 0 aliphatic heterocycles. The van der Waals surface area contributed by atoms with Crippen molar-refractivity contribution in [1.82, 2.24) is 0 Å². The number of carbonyl (C=O) groups is 1. The molecule has 0 radical (unpaired) electrons. The van der Waals surface area contributed by atoms with Crippen molar-refractivity contribution in [2.24, 2.45) is 0 Å². The summed E-state index contributed by atoms with van der Waals surface area (Å²) < 4.78 is 25.6. The van der Waals surface area contributed by atoms with Gasteiger partial charge in [-0.15, -0.1) is 11.8 Å². The molecule has 0 aliphatic rings. The predicted octanol–water partition coefficient (Wildman–Crippen LogP) is 3.80. The van der Waals surface area contributed by atoms with Crippen molar-refractivity contribution < 1.29 is 13.2 Å². The number of thioether (sulfide) groups is 1. The number of benzene rings is 2. The zero-order valence-corrected chi connectivity index (χ0v) is 15.0. The molecule has 116 valence electrons. The van der Waals surface area contributed by atoms with Crippen LogP contribution >= 0.6 is 27.7 Å². The van der Waals surface area contributed by atoms with Gasteiger partial charge >= 0.3 is 0 Å². The van der Waals surface area contributed by atoms with Gasteiger partial charge in [0.1, 0.15) is 0 Å². The number of anilines is 1. The van der Waals surface area contributed by atoms with E-state index in [4.69, 9.17) is 0 Å². The molecule has 0 fully saturated rings. The van der Waals surface area contributed by atoms with Crippen molar-refractivity contribution in [1.29, 1.82) is 0 Å². The van der Waals surface area contributed by atoms with Gasteiger partial charge in [-0.1, -0.05) is 15.9 Å². The van der Waals surface area contributed by atoms with Gasteiger partial charge < -0.3 is 0 Å². The van der Waals surface area contributed by atoms with E-state index in [9.17, 15) is 13.2 Å². The third-order valence-corrected chi connectivity index (χ3v) is 4.84. The molecule has 0 amide bonds. The van der Waals surface area contributed by atoms with Gasteiger partial charge in [0.05, 0.1) is 12.0 Å². The van der Waals surface area contributed by atoms with Crippen LogP contribution in [0.25, 0.3) is 0 Å². The molecular formula is C15H14BrNO3S2. The van der Waals surface area contributed by atoms with E-state index in [1.807, 2.05) is 24.3 Å². The Labute approximate surface area is 142 Å². The molecule has 2 rings (SSSR count). The molecule has 0 aromatic heterocycles. The molecule has 0 atom stereocenters. The summed E-state index contributed by atoms with van der Waals surface area (Å²) in [5.41, 5.74) is 1.00. The van der Waals surface area contributed by atoms with Crippen molar-refractivity contribution in [3.8, 4) is 0 Å². The standard InChI is InChI=1S/C15H14BrNO3S2/c1-22(19,20)17-13-6-2-11(3-7-13)15(18)10-21-14-8-4-12(16)5-9-14/h2-9,17H,10H2,1H3. The Morgan fingerprint density at radius 2 is 1.68 bits per heavy atom. The number of carbonyl (C=O) groups excluding carboxylic acids is 1. The van der Waals surface area contributed by atoms with Gasteiger partial charge in [0.15, 0.2) is 5.78 Å². The molecule has 0 saturated heterocycles. The highest BCUT2D eigenvalue weighted by Gasteiger charge is 2.08. The Kier molecular flexibility index (Phi) is 5.66. The highest BCUT2D eigenvalue weighted by atomic mass is 79.9. The molecule has 4 nitrogen and oxygen atoms in total. The lowest BCUT2D eigenvalue weighted by molar-refractivity contribution is 0.102. The SMILES string of the molecule is CS(=O)(=O)Nc1ccc(C(=O)CSc2ccc(Br)cc2)cc1. The number of nitrogens with one attached hydrogen (secondary N) is 1. The van der Waals surface area contributed by atoms with E-state index in [1.54, 1.807) is 24.3 Å². The van der Waals surface area contributed by atoms with Crippen molar-refractivity contribution in [2.75, 3.05) is 16.7 Å². The minimum absolute atomic E-state index is 0.00109. The second-order valence-electron chi connectivity index (χ2n) is 4.62. The second kappa shape index (κ2) is 7.30. The Hall–Kier alpha value is -1.31. The van der Waals surface area contributed by atoms with Crippen LogP contribution in [0.2, 0.25) is 0 Å². The minimum Gasteiger partial charge on any atom is -0.293 e. The van der Waals surface area contributed by atoms with Gasteiger partial charge in [0.2, 0.25) is 10.0 Å². The first kappa shape index (κ1) is 17.1. The number of halogens is 1. The van der Waals surface area contributed by atoms with Crippen LogP contribution in [0.1, 0.15) is 10.4 Å². The van der Waals surface area contributed by atoms with Crippen molar-refractivity contribution >= 4 is 49.2 Å². The second-order valence-corrected chi connectivity index (χ2v) is 8.33. The maximum absolute atomic E-state index is 12.1. The zero-order chi connectivity index (χ0) is 16.2. The lowest BCUT2D eigenvalue weighted by Crippen LogP contribution is -2.10. The van der Waals surface area contributed by atoms with Crippen LogP contribution in [0.5, 0.6) is 0 Å². The smallest absolute Gasteiger partial charge is 0.229 e. The highest BCUT2D eigenvalue weighted by Crippen LogP contribution is 2.22. The van der Waals surface area contributed by atoms with Gasteiger partial charge in [0, 0.05) is 20.6 Å². The van der Waals surface area contributed by atoms with Crippen LogP contribution < -0.4 is 4.72 Å². The molecule has 0 aliphatic carbocycles. The number of sulfonamides is 1. The number of hydrogen-bond acceptors (Lipinski definition) is 4. The minimum atomic E-state index is -3.30. The lowest BCUT2D eigenvalue weighted by atomic mass is 10.1. The van der Waals surface area contributed by atoms with E-state index in [0.29, 0.717) is 17.0 Å². The summed E-state index contributed by atoms with van der Waals surface area (Å²) in [7, 11) is -3.30. The van der Waals surface area contributed by atoms with E-state index in [2.05, 4.69) is 20.7 Å².